The predicted octanol–water partition coefficient (Wildman–Crippen LogP) is 3.80. The van der Waals surface area contributed by atoms with Crippen LogP contribution in [0.5, 0.6) is 5.75 Å². The fraction of sp³-hybridized carbons (Fsp3) is 0.200. The Bertz CT molecular complexity index is 821. The molecule has 2 aromatic heterocycles. The van der Waals surface area contributed by atoms with Gasteiger partial charge in [-0.1, -0.05) is 0 Å². The van der Waals surface area contributed by atoms with Crippen molar-refractivity contribution in [3.8, 4) is 5.75 Å². The zero-order valence-electron chi connectivity index (χ0n) is 12.3. The number of aromatic nitrogens is 2. The molecule has 3 rings (SSSR count). The number of aryl methyl sites for hydroxylation is 2. The number of anilines is 1. The molecule has 0 bridgehead atoms. The third-order valence-corrected chi connectivity index (χ3v) is 4.46. The lowest BCUT2D eigenvalue weighted by atomic mass is 10.2. The highest BCUT2D eigenvalue weighted by molar-refractivity contribution is 7.20. The highest BCUT2D eigenvalue weighted by atomic mass is 32.1. The van der Waals surface area contributed by atoms with Crippen LogP contribution in [0.2, 0.25) is 0 Å². The molecule has 0 aliphatic carbocycles. The van der Waals surface area contributed by atoms with Gasteiger partial charge in [0.15, 0.2) is 0 Å². The van der Waals surface area contributed by atoms with Gasteiger partial charge in [-0.2, -0.15) is 13.9 Å². The number of ether oxygens (including phenoxy) is 1. The molecule has 0 atom stereocenters. The number of nitrogens with one attached hydrogen (secondary N) is 1. The Labute approximate surface area is 134 Å². The largest absolute Gasteiger partial charge is 0.435 e. The van der Waals surface area contributed by atoms with E-state index >= 15 is 0 Å². The van der Waals surface area contributed by atoms with Crippen molar-refractivity contribution in [2.24, 2.45) is 7.05 Å². The zero-order valence-corrected chi connectivity index (χ0v) is 13.2. The first kappa shape index (κ1) is 15.4. The van der Waals surface area contributed by atoms with Crippen LogP contribution < -0.4 is 10.1 Å². The van der Waals surface area contributed by atoms with E-state index in [1.54, 1.807) is 10.7 Å². The van der Waals surface area contributed by atoms with Crippen molar-refractivity contribution in [3.63, 3.8) is 0 Å². The van der Waals surface area contributed by atoms with Crippen LogP contribution in [0, 0.1) is 6.92 Å². The maximum absolute atomic E-state index is 12.3. The van der Waals surface area contributed by atoms with Crippen molar-refractivity contribution in [1.82, 2.24) is 9.78 Å². The minimum absolute atomic E-state index is 0.0431. The van der Waals surface area contributed by atoms with Crippen LogP contribution in [-0.4, -0.2) is 22.3 Å². The lowest BCUT2D eigenvalue weighted by molar-refractivity contribution is -0.0498. The first-order valence-electron chi connectivity index (χ1n) is 6.73. The minimum Gasteiger partial charge on any atom is -0.435 e. The van der Waals surface area contributed by atoms with Gasteiger partial charge in [-0.3, -0.25) is 9.48 Å². The molecule has 23 heavy (non-hydrogen) atoms. The Morgan fingerprint density at radius 1 is 1.35 bits per heavy atom. The molecule has 0 radical (unpaired) electrons. The minimum atomic E-state index is -2.87. The molecule has 1 aromatic carbocycles. The van der Waals surface area contributed by atoms with Gasteiger partial charge in [0.2, 0.25) is 0 Å². The van der Waals surface area contributed by atoms with Gasteiger partial charge in [-0.05, 0) is 37.3 Å². The number of alkyl halides is 2. The molecule has 0 aliphatic rings. The lowest BCUT2D eigenvalue weighted by Gasteiger charge is -2.06. The first-order chi connectivity index (χ1) is 10.9. The van der Waals surface area contributed by atoms with E-state index in [0.29, 0.717) is 10.6 Å². The molecule has 8 heteroatoms. The molecule has 0 saturated heterocycles. The Morgan fingerprint density at radius 2 is 2.04 bits per heavy atom. The fourth-order valence-corrected chi connectivity index (χ4v) is 3.25. The Kier molecular flexibility index (Phi) is 3.99. The van der Waals surface area contributed by atoms with E-state index in [1.807, 2.05) is 14.0 Å². The number of nitrogens with zero attached hydrogens (tertiary/aromatic N) is 2. The zero-order chi connectivity index (χ0) is 16.6. The maximum atomic E-state index is 12.3. The van der Waals surface area contributed by atoms with Gasteiger partial charge in [-0.25, -0.2) is 0 Å². The van der Waals surface area contributed by atoms with Crippen LogP contribution in [0.25, 0.3) is 10.2 Å². The Morgan fingerprint density at radius 3 is 2.65 bits per heavy atom. The van der Waals surface area contributed by atoms with Crippen LogP contribution in [0.15, 0.2) is 30.3 Å². The van der Waals surface area contributed by atoms with Gasteiger partial charge in [0.25, 0.3) is 5.91 Å². The second-order valence-corrected chi connectivity index (χ2v) is 5.93. The maximum Gasteiger partial charge on any atom is 0.387 e. The van der Waals surface area contributed by atoms with Gasteiger partial charge in [0, 0.05) is 18.1 Å². The molecule has 5 nitrogen and oxygen atoms in total. The van der Waals surface area contributed by atoms with E-state index in [0.717, 1.165) is 15.9 Å². The number of hydrogen-bond acceptors (Lipinski definition) is 4. The summed E-state index contributed by atoms with van der Waals surface area (Å²) in [7, 11) is 1.83. The smallest absolute Gasteiger partial charge is 0.387 e. The van der Waals surface area contributed by atoms with Crippen LogP contribution >= 0.6 is 11.3 Å². The van der Waals surface area contributed by atoms with Gasteiger partial charge < -0.3 is 10.1 Å². The van der Waals surface area contributed by atoms with Gasteiger partial charge in [-0.15, -0.1) is 11.3 Å². The number of benzene rings is 1. The van der Waals surface area contributed by atoms with Crippen molar-refractivity contribution >= 4 is 33.1 Å². The molecular weight excluding hydrogens is 324 g/mol. The summed E-state index contributed by atoms with van der Waals surface area (Å²) in [5.41, 5.74) is 1.37. The lowest BCUT2D eigenvalue weighted by Crippen LogP contribution is -2.10. The van der Waals surface area contributed by atoms with Gasteiger partial charge >= 0.3 is 6.61 Å². The predicted molar refractivity (Wildman–Crippen MR) is 84.4 cm³/mol. The first-order valence-corrected chi connectivity index (χ1v) is 7.55. The van der Waals surface area contributed by atoms with E-state index in [4.69, 9.17) is 0 Å². The number of rotatable bonds is 4. The number of fused-ring (bicyclic) bond motifs is 1. The molecule has 0 spiro atoms. The van der Waals surface area contributed by atoms with Gasteiger partial charge in [0.05, 0.1) is 10.6 Å². The summed E-state index contributed by atoms with van der Waals surface area (Å²) in [6.45, 7) is -0.982. The van der Waals surface area contributed by atoms with Crippen LogP contribution in [0.4, 0.5) is 14.5 Å². The molecule has 1 amide bonds. The third-order valence-electron chi connectivity index (χ3n) is 3.26. The number of amides is 1. The fourth-order valence-electron chi connectivity index (χ4n) is 2.23. The number of halogens is 2. The van der Waals surface area contributed by atoms with E-state index in [1.165, 1.54) is 35.6 Å². The topological polar surface area (TPSA) is 56.2 Å². The highest BCUT2D eigenvalue weighted by Gasteiger charge is 2.15. The standard InChI is InChI=1S/C15H13F2N3O2S/c1-8-11-7-12(23-14(11)20(2)19-8)13(21)18-9-3-5-10(6-4-9)22-15(16)17/h3-7,15H,1-2H3,(H,18,21). The Balaban J connectivity index is 1.76. The van der Waals surface area contributed by atoms with Crippen molar-refractivity contribution < 1.29 is 18.3 Å². The van der Waals surface area contributed by atoms with E-state index in [2.05, 4.69) is 15.2 Å². The molecular formula is C15H13F2N3O2S. The quantitative estimate of drug-likeness (QED) is 0.788. The number of carbonyl (C=O) groups is 1. The molecule has 3 aromatic rings. The summed E-state index contributed by atoms with van der Waals surface area (Å²) >= 11 is 1.35. The van der Waals surface area contributed by atoms with Crippen molar-refractivity contribution in [1.29, 1.82) is 0 Å². The SMILES string of the molecule is Cc1nn(C)c2sc(C(=O)Nc3ccc(OC(F)F)cc3)cc12. The van der Waals surface area contributed by atoms with E-state index in [9.17, 15) is 13.6 Å². The molecule has 120 valence electrons. The van der Waals surface area contributed by atoms with Crippen LogP contribution in [-0.2, 0) is 7.05 Å². The van der Waals surface area contributed by atoms with Crippen molar-refractivity contribution in [2.75, 3.05) is 5.32 Å². The molecule has 0 unspecified atom stereocenters. The second kappa shape index (κ2) is 5.96. The third kappa shape index (κ3) is 3.16. The monoisotopic (exact) mass is 337 g/mol. The number of thiophene rings is 1. The summed E-state index contributed by atoms with van der Waals surface area (Å²) in [4.78, 5) is 13.8. The van der Waals surface area contributed by atoms with Gasteiger partial charge in [0.1, 0.15) is 10.6 Å². The number of carbonyl (C=O) groups excluding carboxylic acids is 1. The summed E-state index contributed by atoms with van der Waals surface area (Å²) in [6.07, 6.45) is 0. The molecule has 0 saturated carbocycles. The molecule has 0 fully saturated rings. The van der Waals surface area contributed by atoms with Crippen molar-refractivity contribution in [3.05, 3.63) is 40.9 Å². The van der Waals surface area contributed by atoms with Crippen molar-refractivity contribution in [2.45, 2.75) is 13.5 Å². The number of hydrogen-bond donors (Lipinski definition) is 1. The average molecular weight is 337 g/mol. The van der Waals surface area contributed by atoms with E-state index in [-0.39, 0.29) is 11.7 Å². The highest BCUT2D eigenvalue weighted by Crippen LogP contribution is 2.28. The average Bonchev–Trinajstić information content (AvgIpc) is 3.03. The second-order valence-electron chi connectivity index (χ2n) is 4.90. The van der Waals surface area contributed by atoms with Crippen LogP contribution in [0.3, 0.4) is 0 Å². The molecule has 1 N–H and O–H groups in total. The molecule has 2 heterocycles. The van der Waals surface area contributed by atoms with E-state index < -0.39 is 6.61 Å². The normalized spacial score (nSPS) is 11.2. The van der Waals surface area contributed by atoms with Crippen LogP contribution in [0.1, 0.15) is 15.4 Å². The Hall–Kier alpha value is -2.48. The summed E-state index contributed by atoms with van der Waals surface area (Å²) in [6, 6.07) is 7.57. The summed E-state index contributed by atoms with van der Waals surface area (Å²) in [5.74, 6) is -0.213. The molecule has 0 aliphatic heterocycles. The summed E-state index contributed by atoms with van der Waals surface area (Å²) < 4.78 is 30.2. The summed E-state index contributed by atoms with van der Waals surface area (Å²) in [5, 5.41) is 7.96.